The number of fused-ring (bicyclic) bond motifs is 1. The molecule has 0 aliphatic carbocycles. The average molecular weight is 377 g/mol. The van der Waals surface area contributed by atoms with Gasteiger partial charge < -0.3 is 17.3 Å². The zero-order chi connectivity index (χ0) is 19.9. The summed E-state index contributed by atoms with van der Waals surface area (Å²) in [5.74, 6) is 0. The Morgan fingerprint density at radius 3 is 2.22 bits per heavy atom. The van der Waals surface area contributed by atoms with Gasteiger partial charge in [0, 0.05) is 23.1 Å². The lowest BCUT2D eigenvalue weighted by molar-refractivity contribution is -0.662. The summed E-state index contributed by atoms with van der Waals surface area (Å²) in [5, 5.41) is 1.41. The summed E-state index contributed by atoms with van der Waals surface area (Å²) in [7, 11) is -6.00. The molecule has 27 heavy (non-hydrogen) atoms. The maximum Gasteiger partial charge on any atom is 0.673 e. The molecule has 0 amide bonds. The van der Waals surface area contributed by atoms with E-state index < -0.39 is 7.25 Å². The summed E-state index contributed by atoms with van der Waals surface area (Å²) < 4.78 is 41.4. The Morgan fingerprint density at radius 1 is 0.926 bits per heavy atom. The van der Waals surface area contributed by atoms with Gasteiger partial charge in [0.25, 0.3) is 0 Å². The molecule has 1 aromatic heterocycles. The first-order chi connectivity index (χ1) is 12.8. The highest BCUT2D eigenvalue weighted by Gasteiger charge is 2.20. The lowest BCUT2D eigenvalue weighted by Crippen LogP contribution is -2.35. The molecule has 0 fully saturated rings. The van der Waals surface area contributed by atoms with Gasteiger partial charge in [0.1, 0.15) is 0 Å². The Kier molecular flexibility index (Phi) is 7.40. The van der Waals surface area contributed by atoms with Crippen molar-refractivity contribution >= 4 is 18.2 Å². The number of nitrogens with zero attached hydrogens (tertiary/aromatic N) is 1. The third-order valence-electron chi connectivity index (χ3n) is 4.26. The molecular formula is C21H24BF4N. The van der Waals surface area contributed by atoms with Crippen LogP contribution in [0.2, 0.25) is 0 Å². The minimum atomic E-state index is -6.00. The van der Waals surface area contributed by atoms with E-state index in [4.69, 9.17) is 0 Å². The molecular weight excluding hydrogens is 353 g/mol. The van der Waals surface area contributed by atoms with Crippen molar-refractivity contribution in [2.24, 2.45) is 0 Å². The summed E-state index contributed by atoms with van der Waals surface area (Å²) in [6.45, 7) is 5.36. The van der Waals surface area contributed by atoms with E-state index in [9.17, 15) is 17.3 Å². The molecule has 0 unspecified atom stereocenters. The van der Waals surface area contributed by atoms with Gasteiger partial charge in [0.15, 0.2) is 12.7 Å². The van der Waals surface area contributed by atoms with Gasteiger partial charge in [-0.05, 0) is 31.4 Å². The van der Waals surface area contributed by atoms with E-state index in [-0.39, 0.29) is 0 Å². The second-order valence-electron chi connectivity index (χ2n) is 6.57. The minimum absolute atomic E-state index is 0.925. The highest BCUT2D eigenvalue weighted by molar-refractivity contribution is 6.50. The Labute approximate surface area is 157 Å². The SMILES string of the molecule is CCCCc1cc[n+](Cc2ccccc2)c2ccc(C)cc12.F[B-](F)(F)F. The van der Waals surface area contributed by atoms with Gasteiger partial charge in [-0.25, -0.2) is 0 Å². The van der Waals surface area contributed by atoms with Gasteiger partial charge >= 0.3 is 7.25 Å². The van der Waals surface area contributed by atoms with E-state index in [1.54, 1.807) is 0 Å². The Morgan fingerprint density at radius 2 is 1.59 bits per heavy atom. The first-order valence-electron chi connectivity index (χ1n) is 9.11. The number of hydrogen-bond acceptors (Lipinski definition) is 0. The molecule has 0 saturated heterocycles. The predicted octanol–water partition coefficient (Wildman–Crippen LogP) is 6.13. The molecule has 0 N–H and O–H groups in total. The van der Waals surface area contributed by atoms with Crippen molar-refractivity contribution in [3.05, 3.63) is 77.5 Å². The molecule has 3 aromatic rings. The molecule has 144 valence electrons. The topological polar surface area (TPSA) is 3.88 Å². The monoisotopic (exact) mass is 377 g/mol. The van der Waals surface area contributed by atoms with E-state index in [2.05, 4.69) is 79.2 Å². The third kappa shape index (κ3) is 7.04. The fourth-order valence-corrected chi connectivity index (χ4v) is 3.01. The third-order valence-corrected chi connectivity index (χ3v) is 4.26. The zero-order valence-electron chi connectivity index (χ0n) is 15.6. The molecule has 0 radical (unpaired) electrons. The van der Waals surface area contributed by atoms with Crippen LogP contribution in [0.1, 0.15) is 36.5 Å². The fourth-order valence-electron chi connectivity index (χ4n) is 3.01. The Balaban J connectivity index is 0.000000465. The maximum atomic E-state index is 9.75. The van der Waals surface area contributed by atoms with Crippen LogP contribution in [0.25, 0.3) is 10.9 Å². The number of pyridine rings is 1. The minimum Gasteiger partial charge on any atom is -0.418 e. The Bertz CT molecular complexity index is 857. The summed E-state index contributed by atoms with van der Waals surface area (Å²) in [6.07, 6.45) is 5.91. The number of benzene rings is 2. The van der Waals surface area contributed by atoms with Crippen molar-refractivity contribution in [3.8, 4) is 0 Å². The molecule has 2 aromatic carbocycles. The highest BCUT2D eigenvalue weighted by atomic mass is 19.5. The van der Waals surface area contributed by atoms with Gasteiger partial charge in [0.05, 0.1) is 0 Å². The van der Waals surface area contributed by atoms with E-state index >= 15 is 0 Å². The maximum absolute atomic E-state index is 9.75. The highest BCUT2D eigenvalue weighted by Crippen LogP contribution is 2.19. The molecule has 0 aliphatic heterocycles. The fraction of sp³-hybridized carbons (Fsp3) is 0.286. The second-order valence-corrected chi connectivity index (χ2v) is 6.57. The average Bonchev–Trinajstić information content (AvgIpc) is 2.60. The van der Waals surface area contributed by atoms with E-state index in [1.807, 2.05) is 0 Å². The van der Waals surface area contributed by atoms with E-state index in [0.29, 0.717) is 0 Å². The first kappa shape index (κ1) is 20.9. The van der Waals surface area contributed by atoms with Crippen LogP contribution in [0.3, 0.4) is 0 Å². The van der Waals surface area contributed by atoms with Gasteiger partial charge in [0.2, 0.25) is 5.52 Å². The van der Waals surface area contributed by atoms with E-state index in [0.717, 1.165) is 6.54 Å². The molecule has 0 bridgehead atoms. The van der Waals surface area contributed by atoms with Crippen molar-refractivity contribution in [3.63, 3.8) is 0 Å². The summed E-state index contributed by atoms with van der Waals surface area (Å²) in [6, 6.07) is 19.8. The molecule has 0 spiro atoms. The van der Waals surface area contributed by atoms with Crippen LogP contribution >= 0.6 is 0 Å². The quantitative estimate of drug-likeness (QED) is 0.286. The van der Waals surface area contributed by atoms with Crippen LogP contribution in [-0.4, -0.2) is 7.25 Å². The van der Waals surface area contributed by atoms with E-state index in [1.165, 1.54) is 46.9 Å². The molecule has 0 saturated carbocycles. The summed E-state index contributed by atoms with van der Waals surface area (Å²) in [4.78, 5) is 0. The van der Waals surface area contributed by atoms with Crippen LogP contribution < -0.4 is 4.57 Å². The van der Waals surface area contributed by atoms with Gasteiger partial charge in [-0.15, -0.1) is 0 Å². The number of halogens is 4. The van der Waals surface area contributed by atoms with Crippen molar-refractivity contribution in [1.82, 2.24) is 0 Å². The van der Waals surface area contributed by atoms with Crippen molar-refractivity contribution in [2.75, 3.05) is 0 Å². The molecule has 6 heteroatoms. The molecule has 0 aliphatic rings. The van der Waals surface area contributed by atoms with Crippen LogP contribution in [0.5, 0.6) is 0 Å². The molecule has 1 nitrogen and oxygen atoms in total. The van der Waals surface area contributed by atoms with Crippen LogP contribution in [-0.2, 0) is 13.0 Å². The first-order valence-corrected chi connectivity index (χ1v) is 9.11. The van der Waals surface area contributed by atoms with Gasteiger partial charge in [-0.1, -0.05) is 55.3 Å². The van der Waals surface area contributed by atoms with Crippen LogP contribution in [0, 0.1) is 6.92 Å². The van der Waals surface area contributed by atoms with Crippen molar-refractivity contribution < 1.29 is 21.8 Å². The predicted molar refractivity (Wildman–Crippen MR) is 103 cm³/mol. The summed E-state index contributed by atoms with van der Waals surface area (Å²) in [5.41, 5.74) is 5.49. The lowest BCUT2D eigenvalue weighted by atomic mass is 10.0. The smallest absolute Gasteiger partial charge is 0.418 e. The number of unbranched alkanes of at least 4 members (excludes halogenated alkanes) is 1. The standard InChI is InChI=1S/C21H24N.BF4/c1-3-4-10-19-13-14-22(16-18-8-6-5-7-9-18)21-12-11-17(2)15-20(19)21;2-1(3,4)5/h5-9,11-15H,3-4,10,16H2,1-2H3;/q+1;-1. The normalized spacial score (nSPS) is 11.2. The molecule has 0 atom stereocenters. The Hall–Kier alpha value is -2.37. The van der Waals surface area contributed by atoms with Gasteiger partial charge in [-0.2, -0.15) is 4.57 Å². The van der Waals surface area contributed by atoms with Gasteiger partial charge in [-0.3, -0.25) is 0 Å². The molecule has 1 heterocycles. The van der Waals surface area contributed by atoms with Crippen molar-refractivity contribution in [2.45, 2.75) is 39.7 Å². The lowest BCUT2D eigenvalue weighted by Gasteiger charge is -2.08. The zero-order valence-corrected chi connectivity index (χ0v) is 15.6. The second kappa shape index (κ2) is 9.54. The number of rotatable bonds is 5. The number of aromatic nitrogens is 1. The van der Waals surface area contributed by atoms with Crippen LogP contribution in [0.15, 0.2) is 60.8 Å². The van der Waals surface area contributed by atoms with Crippen LogP contribution in [0.4, 0.5) is 17.3 Å². The summed E-state index contributed by atoms with van der Waals surface area (Å²) >= 11 is 0. The number of aryl methyl sites for hydroxylation is 2. The van der Waals surface area contributed by atoms with Crippen molar-refractivity contribution in [1.29, 1.82) is 0 Å². The largest absolute Gasteiger partial charge is 0.673 e. The molecule has 3 rings (SSSR count). The number of hydrogen-bond donors (Lipinski definition) is 0.